The van der Waals surface area contributed by atoms with Crippen LogP contribution < -0.4 is 15.5 Å². The number of carboxylic acids is 1. The van der Waals surface area contributed by atoms with Crippen LogP contribution >= 0.6 is 11.6 Å². The first-order valence-electron chi connectivity index (χ1n) is 6.11. The van der Waals surface area contributed by atoms with Gasteiger partial charge in [-0.2, -0.15) is 0 Å². The maximum absolute atomic E-state index is 11.8. The van der Waals surface area contributed by atoms with E-state index in [0.717, 1.165) is 12.6 Å². The summed E-state index contributed by atoms with van der Waals surface area (Å²) in [5.74, 6) is -1.42. The van der Waals surface area contributed by atoms with Gasteiger partial charge < -0.3 is 25.7 Å². The Kier molecular flexibility index (Phi) is 5.40. The van der Waals surface area contributed by atoms with Crippen LogP contribution in [0.5, 0.6) is 0 Å². The number of halogens is 1. The number of urea groups is 1. The van der Waals surface area contributed by atoms with Crippen molar-refractivity contribution in [3.05, 3.63) is 23.2 Å². The van der Waals surface area contributed by atoms with Gasteiger partial charge >= 0.3 is 12.0 Å². The topological polar surface area (TPSA) is 102 Å². The molecule has 0 aliphatic heterocycles. The van der Waals surface area contributed by atoms with Gasteiger partial charge in [-0.1, -0.05) is 11.6 Å². The quantitative estimate of drug-likeness (QED) is 0.657. The second kappa shape index (κ2) is 6.64. The summed E-state index contributed by atoms with van der Waals surface area (Å²) in [7, 11) is 3.61. The predicted octanol–water partition coefficient (Wildman–Crippen LogP) is 1.36. The van der Waals surface area contributed by atoms with Crippen molar-refractivity contribution in [1.29, 1.82) is 0 Å². The van der Waals surface area contributed by atoms with Crippen LogP contribution in [0.25, 0.3) is 0 Å². The summed E-state index contributed by atoms with van der Waals surface area (Å²) in [5, 5.41) is 23.6. The van der Waals surface area contributed by atoms with Gasteiger partial charge in [-0.25, -0.2) is 9.59 Å². The lowest BCUT2D eigenvalue weighted by Gasteiger charge is -2.20. The fraction of sp³-hybridized carbons (Fsp3) is 0.385. The number of hydrogen-bond donors (Lipinski definition) is 4. The highest BCUT2D eigenvalue weighted by atomic mass is 35.5. The third-order valence-electron chi connectivity index (χ3n) is 2.74. The summed E-state index contributed by atoms with van der Waals surface area (Å²) in [6.45, 7) is 0.673. The zero-order chi connectivity index (χ0) is 16.2. The zero-order valence-corrected chi connectivity index (χ0v) is 12.7. The first-order valence-corrected chi connectivity index (χ1v) is 6.49. The summed E-state index contributed by atoms with van der Waals surface area (Å²) >= 11 is 5.89. The van der Waals surface area contributed by atoms with Crippen molar-refractivity contribution in [3.8, 4) is 0 Å². The van der Waals surface area contributed by atoms with E-state index in [1.54, 1.807) is 23.1 Å². The second-order valence-electron chi connectivity index (χ2n) is 4.94. The van der Waals surface area contributed by atoms with Crippen molar-refractivity contribution >= 4 is 35.0 Å². The fourth-order valence-corrected chi connectivity index (χ4v) is 1.66. The molecule has 1 atom stereocenters. The molecule has 0 saturated carbocycles. The molecule has 2 amide bonds. The lowest BCUT2D eigenvalue weighted by atomic mass is 10.1. The lowest BCUT2D eigenvalue weighted by Crippen LogP contribution is -2.47. The number of nitrogens with one attached hydrogen (secondary N) is 2. The van der Waals surface area contributed by atoms with Crippen molar-refractivity contribution in [1.82, 2.24) is 5.32 Å². The summed E-state index contributed by atoms with van der Waals surface area (Å²) in [4.78, 5) is 24.3. The highest BCUT2D eigenvalue weighted by Crippen LogP contribution is 2.27. The molecule has 0 aliphatic rings. The van der Waals surface area contributed by atoms with Gasteiger partial charge in [0.15, 0.2) is 5.60 Å². The van der Waals surface area contributed by atoms with E-state index in [2.05, 4.69) is 10.6 Å². The van der Waals surface area contributed by atoms with Gasteiger partial charge in [-0.3, -0.25) is 0 Å². The molecule has 0 spiro atoms. The maximum atomic E-state index is 11.8. The molecule has 0 fully saturated rings. The van der Waals surface area contributed by atoms with Gasteiger partial charge in [0.05, 0.1) is 17.9 Å². The molecule has 21 heavy (non-hydrogen) atoms. The number of aliphatic carboxylic acids is 1. The molecule has 1 rings (SSSR count). The molecule has 0 bridgehead atoms. The SMILES string of the molecule is CN(C)c1ccc(Cl)cc1NC(=O)NCC(C)(O)C(=O)O. The third kappa shape index (κ3) is 4.80. The highest BCUT2D eigenvalue weighted by Gasteiger charge is 2.30. The Hall–Kier alpha value is -1.99. The van der Waals surface area contributed by atoms with E-state index in [9.17, 15) is 14.7 Å². The Labute approximate surface area is 127 Å². The monoisotopic (exact) mass is 315 g/mol. The Balaban J connectivity index is 2.76. The number of hydrogen-bond acceptors (Lipinski definition) is 4. The summed E-state index contributed by atoms with van der Waals surface area (Å²) < 4.78 is 0. The number of benzene rings is 1. The summed E-state index contributed by atoms with van der Waals surface area (Å²) in [5.41, 5.74) is -0.824. The van der Waals surface area contributed by atoms with E-state index in [1.165, 1.54) is 0 Å². The van der Waals surface area contributed by atoms with E-state index in [-0.39, 0.29) is 0 Å². The van der Waals surface area contributed by atoms with Crippen LogP contribution in [0, 0.1) is 0 Å². The molecule has 0 radical (unpaired) electrons. The van der Waals surface area contributed by atoms with Gasteiger partial charge in [-0.15, -0.1) is 0 Å². The Bertz CT molecular complexity index is 546. The number of aliphatic hydroxyl groups is 1. The van der Waals surface area contributed by atoms with Gasteiger partial charge in [0.2, 0.25) is 0 Å². The minimum Gasteiger partial charge on any atom is -0.479 e. The molecule has 7 nitrogen and oxygen atoms in total. The summed E-state index contributed by atoms with van der Waals surface area (Å²) in [6.07, 6.45) is 0. The normalized spacial score (nSPS) is 13.2. The standard InChI is InChI=1S/C13H18ClN3O4/c1-13(21,11(18)19)7-15-12(20)16-9-6-8(14)4-5-10(9)17(2)3/h4-6,21H,7H2,1-3H3,(H,18,19)(H2,15,16,20). The number of rotatable bonds is 5. The van der Waals surface area contributed by atoms with Crippen LogP contribution in [0.3, 0.4) is 0 Å². The second-order valence-corrected chi connectivity index (χ2v) is 5.38. The van der Waals surface area contributed by atoms with Crippen molar-refractivity contribution in [2.45, 2.75) is 12.5 Å². The largest absolute Gasteiger partial charge is 0.479 e. The van der Waals surface area contributed by atoms with Crippen LogP contribution in [0.15, 0.2) is 18.2 Å². The molecular formula is C13H18ClN3O4. The molecule has 1 aromatic carbocycles. The number of carbonyl (C=O) groups is 2. The number of carbonyl (C=O) groups excluding carboxylic acids is 1. The van der Waals surface area contributed by atoms with E-state index in [1.807, 2.05) is 14.1 Å². The number of anilines is 2. The Morgan fingerprint density at radius 3 is 2.52 bits per heavy atom. The first kappa shape index (κ1) is 17.1. The number of carboxylic acid groups (broad SMARTS) is 1. The van der Waals surface area contributed by atoms with Crippen LogP contribution in [-0.4, -0.2) is 48.5 Å². The van der Waals surface area contributed by atoms with Crippen LogP contribution in [0.1, 0.15) is 6.92 Å². The summed E-state index contributed by atoms with van der Waals surface area (Å²) in [6, 6.07) is 4.37. The average molecular weight is 316 g/mol. The third-order valence-corrected chi connectivity index (χ3v) is 2.98. The lowest BCUT2D eigenvalue weighted by molar-refractivity contribution is -0.155. The molecule has 1 unspecified atom stereocenters. The fourth-order valence-electron chi connectivity index (χ4n) is 1.49. The van der Waals surface area contributed by atoms with Gasteiger partial charge in [0.25, 0.3) is 0 Å². The average Bonchev–Trinajstić information content (AvgIpc) is 2.36. The Morgan fingerprint density at radius 1 is 1.38 bits per heavy atom. The van der Waals surface area contributed by atoms with E-state index in [0.29, 0.717) is 10.7 Å². The predicted molar refractivity (Wildman–Crippen MR) is 81.1 cm³/mol. The van der Waals surface area contributed by atoms with Gasteiger partial charge in [0, 0.05) is 19.1 Å². The van der Waals surface area contributed by atoms with Crippen molar-refractivity contribution in [2.75, 3.05) is 30.9 Å². The number of nitrogens with zero attached hydrogens (tertiary/aromatic N) is 1. The molecule has 8 heteroatoms. The molecule has 116 valence electrons. The van der Waals surface area contributed by atoms with Gasteiger partial charge in [0.1, 0.15) is 0 Å². The van der Waals surface area contributed by atoms with E-state index >= 15 is 0 Å². The van der Waals surface area contributed by atoms with Crippen molar-refractivity contribution < 1.29 is 19.8 Å². The first-order chi connectivity index (χ1) is 9.63. The molecular weight excluding hydrogens is 298 g/mol. The van der Waals surface area contributed by atoms with Crippen molar-refractivity contribution in [3.63, 3.8) is 0 Å². The molecule has 0 heterocycles. The molecule has 0 saturated heterocycles. The molecule has 1 aromatic rings. The van der Waals surface area contributed by atoms with E-state index < -0.39 is 24.1 Å². The van der Waals surface area contributed by atoms with Crippen LogP contribution in [-0.2, 0) is 4.79 Å². The van der Waals surface area contributed by atoms with Crippen LogP contribution in [0.4, 0.5) is 16.2 Å². The van der Waals surface area contributed by atoms with E-state index in [4.69, 9.17) is 16.7 Å². The number of amides is 2. The highest BCUT2D eigenvalue weighted by molar-refractivity contribution is 6.31. The van der Waals surface area contributed by atoms with Crippen molar-refractivity contribution in [2.24, 2.45) is 0 Å². The molecule has 4 N–H and O–H groups in total. The molecule has 0 aromatic heterocycles. The minimum absolute atomic E-state index is 0.425. The minimum atomic E-state index is -2.03. The van der Waals surface area contributed by atoms with Gasteiger partial charge in [-0.05, 0) is 25.1 Å². The zero-order valence-electron chi connectivity index (χ0n) is 12.0. The maximum Gasteiger partial charge on any atom is 0.337 e. The molecule has 0 aliphatic carbocycles. The van der Waals surface area contributed by atoms with Crippen LogP contribution in [0.2, 0.25) is 5.02 Å². The Morgan fingerprint density at radius 2 is 2.00 bits per heavy atom. The smallest absolute Gasteiger partial charge is 0.337 e.